The van der Waals surface area contributed by atoms with Crippen molar-refractivity contribution in [3.8, 4) is 0 Å². The first-order valence-corrected chi connectivity index (χ1v) is 4.73. The fourth-order valence-electron chi connectivity index (χ4n) is 1.09. The van der Waals surface area contributed by atoms with Crippen molar-refractivity contribution in [1.29, 1.82) is 0 Å². The topological polar surface area (TPSA) is 32.3 Å². The molecule has 0 aromatic heterocycles. The number of halogens is 1. The maximum atomic E-state index is 8.97. The molecule has 0 bridgehead atoms. The standard InChI is InChI=1S/C6H12INO/c7-3-6(5-9)1-2-8-4-6/h8-9H,1-5H2/t6-/m0/s1. The Hall–Kier alpha value is 0.650. The normalized spacial score (nSPS) is 35.3. The Morgan fingerprint density at radius 3 is 2.67 bits per heavy atom. The predicted molar refractivity (Wildman–Crippen MR) is 45.9 cm³/mol. The number of hydrogen-bond donors (Lipinski definition) is 2. The maximum Gasteiger partial charge on any atom is 0.0507 e. The van der Waals surface area contributed by atoms with Crippen LogP contribution in [0.5, 0.6) is 0 Å². The Bertz CT molecular complexity index is 85.1. The van der Waals surface area contributed by atoms with E-state index in [0.29, 0.717) is 6.61 Å². The molecule has 3 heteroatoms. The van der Waals surface area contributed by atoms with Gasteiger partial charge in [-0.3, -0.25) is 0 Å². The summed E-state index contributed by atoms with van der Waals surface area (Å²) in [5.41, 5.74) is 0.209. The highest BCUT2D eigenvalue weighted by atomic mass is 127. The van der Waals surface area contributed by atoms with Crippen molar-refractivity contribution < 1.29 is 5.11 Å². The number of rotatable bonds is 2. The molecule has 2 N–H and O–H groups in total. The molecule has 0 aromatic rings. The highest BCUT2D eigenvalue weighted by Crippen LogP contribution is 2.26. The van der Waals surface area contributed by atoms with Crippen molar-refractivity contribution in [2.45, 2.75) is 6.42 Å². The van der Waals surface area contributed by atoms with Gasteiger partial charge in [0.1, 0.15) is 0 Å². The van der Waals surface area contributed by atoms with Gasteiger partial charge in [0.15, 0.2) is 0 Å². The zero-order valence-electron chi connectivity index (χ0n) is 5.36. The maximum absolute atomic E-state index is 8.97. The van der Waals surface area contributed by atoms with E-state index in [9.17, 15) is 0 Å². The lowest BCUT2D eigenvalue weighted by molar-refractivity contribution is 0.167. The molecule has 1 aliphatic heterocycles. The zero-order chi connectivity index (χ0) is 6.74. The molecule has 0 unspecified atom stereocenters. The van der Waals surface area contributed by atoms with Crippen molar-refractivity contribution in [1.82, 2.24) is 5.32 Å². The summed E-state index contributed by atoms with van der Waals surface area (Å²) in [7, 11) is 0. The SMILES string of the molecule is OC[C@]1(CI)CCNC1. The van der Waals surface area contributed by atoms with Crippen molar-refractivity contribution >= 4 is 22.6 Å². The number of aliphatic hydroxyl groups excluding tert-OH is 1. The molecule has 1 heterocycles. The molecule has 0 amide bonds. The largest absolute Gasteiger partial charge is 0.396 e. The Morgan fingerprint density at radius 1 is 1.67 bits per heavy atom. The van der Waals surface area contributed by atoms with Gasteiger partial charge in [-0.1, -0.05) is 22.6 Å². The summed E-state index contributed by atoms with van der Waals surface area (Å²) < 4.78 is 1.06. The molecule has 9 heavy (non-hydrogen) atoms. The van der Waals surface area contributed by atoms with E-state index < -0.39 is 0 Å². The summed E-state index contributed by atoms with van der Waals surface area (Å²) in [6.07, 6.45) is 1.13. The monoisotopic (exact) mass is 241 g/mol. The molecular weight excluding hydrogens is 229 g/mol. The second-order valence-electron chi connectivity index (χ2n) is 2.72. The van der Waals surface area contributed by atoms with E-state index in [1.54, 1.807) is 0 Å². The van der Waals surface area contributed by atoms with Crippen LogP contribution in [-0.2, 0) is 0 Å². The molecule has 0 radical (unpaired) electrons. The average Bonchev–Trinajstić information content (AvgIpc) is 2.36. The Morgan fingerprint density at radius 2 is 2.44 bits per heavy atom. The minimum absolute atomic E-state index is 0.209. The van der Waals surface area contributed by atoms with Gasteiger partial charge < -0.3 is 10.4 Å². The van der Waals surface area contributed by atoms with Crippen LogP contribution in [0, 0.1) is 5.41 Å². The zero-order valence-corrected chi connectivity index (χ0v) is 7.52. The molecule has 1 fully saturated rings. The van der Waals surface area contributed by atoms with Crippen LogP contribution in [0.2, 0.25) is 0 Å². The van der Waals surface area contributed by atoms with Crippen LogP contribution in [0.25, 0.3) is 0 Å². The van der Waals surface area contributed by atoms with Gasteiger partial charge in [0, 0.05) is 16.4 Å². The predicted octanol–water partition coefficient (Wildman–Crippen LogP) is 0.393. The third kappa shape index (κ3) is 1.56. The van der Waals surface area contributed by atoms with Crippen LogP contribution in [0.1, 0.15) is 6.42 Å². The summed E-state index contributed by atoms with van der Waals surface area (Å²) in [6, 6.07) is 0. The first-order valence-electron chi connectivity index (χ1n) is 3.20. The number of nitrogens with one attached hydrogen (secondary N) is 1. The molecule has 1 rings (SSSR count). The Kier molecular flexibility index (Phi) is 2.73. The number of hydrogen-bond acceptors (Lipinski definition) is 2. The van der Waals surface area contributed by atoms with Crippen molar-refractivity contribution in [3.63, 3.8) is 0 Å². The van der Waals surface area contributed by atoms with E-state index >= 15 is 0 Å². The first-order chi connectivity index (χ1) is 4.33. The molecule has 54 valence electrons. The second-order valence-corrected chi connectivity index (χ2v) is 3.48. The van der Waals surface area contributed by atoms with Crippen LogP contribution < -0.4 is 5.32 Å². The molecule has 1 atom stereocenters. The van der Waals surface area contributed by atoms with E-state index in [0.717, 1.165) is 23.9 Å². The van der Waals surface area contributed by atoms with Gasteiger partial charge >= 0.3 is 0 Å². The molecule has 0 aromatic carbocycles. The quantitative estimate of drug-likeness (QED) is 0.541. The van der Waals surface area contributed by atoms with Crippen LogP contribution in [0.15, 0.2) is 0 Å². The van der Waals surface area contributed by atoms with Gasteiger partial charge in [0.05, 0.1) is 6.61 Å². The average molecular weight is 241 g/mol. The molecule has 0 aliphatic carbocycles. The van der Waals surface area contributed by atoms with Crippen LogP contribution in [0.3, 0.4) is 0 Å². The van der Waals surface area contributed by atoms with Crippen LogP contribution in [0.4, 0.5) is 0 Å². The summed E-state index contributed by atoms with van der Waals surface area (Å²) in [4.78, 5) is 0. The van der Waals surface area contributed by atoms with E-state index in [-0.39, 0.29) is 5.41 Å². The molecule has 0 saturated carbocycles. The highest BCUT2D eigenvalue weighted by Gasteiger charge is 2.31. The summed E-state index contributed by atoms with van der Waals surface area (Å²) >= 11 is 2.34. The third-order valence-electron chi connectivity index (χ3n) is 1.95. The first kappa shape index (κ1) is 7.75. The van der Waals surface area contributed by atoms with E-state index in [1.807, 2.05) is 0 Å². The summed E-state index contributed by atoms with van der Waals surface area (Å²) in [5, 5.41) is 12.2. The van der Waals surface area contributed by atoms with Gasteiger partial charge in [-0.2, -0.15) is 0 Å². The fraction of sp³-hybridized carbons (Fsp3) is 1.00. The summed E-state index contributed by atoms with van der Waals surface area (Å²) in [6.45, 7) is 2.40. The van der Waals surface area contributed by atoms with E-state index in [2.05, 4.69) is 27.9 Å². The molecule has 1 aliphatic rings. The van der Waals surface area contributed by atoms with Gasteiger partial charge in [-0.05, 0) is 13.0 Å². The minimum Gasteiger partial charge on any atom is -0.396 e. The van der Waals surface area contributed by atoms with Gasteiger partial charge in [-0.25, -0.2) is 0 Å². The fourth-order valence-corrected chi connectivity index (χ4v) is 1.98. The van der Waals surface area contributed by atoms with Gasteiger partial charge in [0.25, 0.3) is 0 Å². The Balaban J connectivity index is 2.45. The lowest BCUT2D eigenvalue weighted by Gasteiger charge is -2.21. The minimum atomic E-state index is 0.209. The second kappa shape index (κ2) is 3.16. The molecule has 1 saturated heterocycles. The van der Waals surface area contributed by atoms with E-state index in [1.165, 1.54) is 0 Å². The lowest BCUT2D eigenvalue weighted by atomic mass is 9.91. The van der Waals surface area contributed by atoms with E-state index in [4.69, 9.17) is 5.11 Å². The highest BCUT2D eigenvalue weighted by molar-refractivity contribution is 14.1. The Labute approximate surface area is 69.2 Å². The van der Waals surface area contributed by atoms with Crippen molar-refractivity contribution in [2.24, 2.45) is 5.41 Å². The van der Waals surface area contributed by atoms with Crippen molar-refractivity contribution in [3.05, 3.63) is 0 Å². The van der Waals surface area contributed by atoms with Crippen LogP contribution in [-0.4, -0.2) is 29.2 Å². The van der Waals surface area contributed by atoms with Crippen LogP contribution >= 0.6 is 22.6 Å². The smallest absolute Gasteiger partial charge is 0.0507 e. The number of aliphatic hydroxyl groups is 1. The third-order valence-corrected chi connectivity index (χ3v) is 3.57. The van der Waals surface area contributed by atoms with Gasteiger partial charge in [-0.15, -0.1) is 0 Å². The number of alkyl halides is 1. The lowest BCUT2D eigenvalue weighted by Crippen LogP contribution is -2.29. The van der Waals surface area contributed by atoms with Crippen molar-refractivity contribution in [2.75, 3.05) is 24.1 Å². The molecule has 2 nitrogen and oxygen atoms in total. The molecule has 0 spiro atoms. The molecular formula is C6H12INO. The summed E-state index contributed by atoms with van der Waals surface area (Å²) in [5.74, 6) is 0. The van der Waals surface area contributed by atoms with Gasteiger partial charge in [0.2, 0.25) is 0 Å².